The largest absolute Gasteiger partial charge is 0.460 e. The summed E-state index contributed by atoms with van der Waals surface area (Å²) in [5.74, 6) is -0.728. The minimum absolute atomic E-state index is 0.0228. The Morgan fingerprint density at radius 3 is 2.57 bits per heavy atom. The lowest BCUT2D eigenvalue weighted by molar-refractivity contribution is -0.138. The summed E-state index contributed by atoms with van der Waals surface area (Å²) in [6, 6.07) is 10.9. The molecule has 0 saturated carbocycles. The highest BCUT2D eigenvalue weighted by Gasteiger charge is 2.14. The number of esters is 1. The molecule has 0 amide bonds. The molecule has 0 atom stereocenters. The molecule has 108 valence electrons. The average Bonchev–Trinajstić information content (AvgIpc) is 2.47. The standard InChI is InChI=1S/C15H14ClN3O2/c1-11(14(9-18)15(20)21-8-2-7-17)19-10-12-3-5-13(16)6-4-12/h3-6,19H,2,8,10H2,1H3/b14-11-. The van der Waals surface area contributed by atoms with Crippen molar-refractivity contribution in [1.82, 2.24) is 5.32 Å². The number of carbonyl (C=O) groups excluding carboxylic acids is 1. The SMILES string of the molecule is C/C(NCc1ccc(Cl)cc1)=C(\C#N)C(=O)OCCC#N. The van der Waals surface area contributed by atoms with Crippen molar-refractivity contribution in [3.63, 3.8) is 0 Å². The molecule has 0 heterocycles. The number of rotatable bonds is 6. The molecule has 1 aromatic rings. The summed E-state index contributed by atoms with van der Waals surface area (Å²) in [5, 5.41) is 21.0. The highest BCUT2D eigenvalue weighted by atomic mass is 35.5. The van der Waals surface area contributed by atoms with Crippen molar-refractivity contribution in [2.24, 2.45) is 0 Å². The van der Waals surface area contributed by atoms with Crippen molar-refractivity contribution < 1.29 is 9.53 Å². The van der Waals surface area contributed by atoms with E-state index in [1.54, 1.807) is 19.1 Å². The molecule has 0 aliphatic heterocycles. The van der Waals surface area contributed by atoms with Crippen molar-refractivity contribution in [1.29, 1.82) is 10.5 Å². The molecule has 0 aliphatic rings. The molecule has 0 saturated heterocycles. The smallest absolute Gasteiger partial charge is 0.350 e. The topological polar surface area (TPSA) is 85.9 Å². The Kier molecular flexibility index (Phi) is 6.80. The van der Waals surface area contributed by atoms with E-state index in [4.69, 9.17) is 26.9 Å². The van der Waals surface area contributed by atoms with Gasteiger partial charge in [-0.1, -0.05) is 23.7 Å². The number of nitrogens with zero attached hydrogens (tertiary/aromatic N) is 2. The first kappa shape index (κ1) is 16.6. The quantitative estimate of drug-likeness (QED) is 0.378. The van der Waals surface area contributed by atoms with E-state index in [9.17, 15) is 4.79 Å². The molecular weight excluding hydrogens is 290 g/mol. The molecule has 5 nitrogen and oxygen atoms in total. The van der Waals surface area contributed by atoms with Crippen molar-refractivity contribution >= 4 is 17.6 Å². The molecule has 0 fully saturated rings. The van der Waals surface area contributed by atoms with Crippen molar-refractivity contribution in [2.75, 3.05) is 6.61 Å². The lowest BCUT2D eigenvalue weighted by Crippen LogP contribution is -2.17. The van der Waals surface area contributed by atoms with Gasteiger partial charge >= 0.3 is 5.97 Å². The third-order valence-corrected chi connectivity index (χ3v) is 2.86. The van der Waals surface area contributed by atoms with Gasteiger partial charge in [-0.15, -0.1) is 0 Å². The summed E-state index contributed by atoms with van der Waals surface area (Å²) in [4.78, 5) is 11.7. The van der Waals surface area contributed by atoms with E-state index >= 15 is 0 Å². The second-order valence-corrected chi connectivity index (χ2v) is 4.57. The summed E-state index contributed by atoms with van der Waals surface area (Å²) in [6.07, 6.45) is 0.0989. The number of benzene rings is 1. The molecule has 0 spiro atoms. The van der Waals surface area contributed by atoms with Gasteiger partial charge in [0.2, 0.25) is 0 Å². The van der Waals surface area contributed by atoms with E-state index in [0.717, 1.165) is 5.56 Å². The molecule has 6 heteroatoms. The molecule has 0 bridgehead atoms. The van der Waals surface area contributed by atoms with Crippen LogP contribution in [0.5, 0.6) is 0 Å². The van der Waals surface area contributed by atoms with Crippen LogP contribution in [0.15, 0.2) is 35.5 Å². The third kappa shape index (κ3) is 5.56. The second kappa shape index (κ2) is 8.63. The van der Waals surface area contributed by atoms with Crippen LogP contribution in [0.1, 0.15) is 18.9 Å². The molecule has 1 aromatic carbocycles. The Morgan fingerprint density at radius 2 is 2.00 bits per heavy atom. The van der Waals surface area contributed by atoms with E-state index < -0.39 is 5.97 Å². The fourth-order valence-corrected chi connectivity index (χ4v) is 1.60. The number of nitrogens with one attached hydrogen (secondary N) is 1. The van der Waals surface area contributed by atoms with Crippen molar-refractivity contribution in [3.8, 4) is 12.1 Å². The fraction of sp³-hybridized carbons (Fsp3) is 0.267. The molecule has 0 radical (unpaired) electrons. The molecule has 1 rings (SSSR count). The first-order chi connectivity index (χ1) is 10.1. The van der Waals surface area contributed by atoms with Gasteiger partial charge in [-0.2, -0.15) is 10.5 Å². The number of nitriles is 2. The van der Waals surface area contributed by atoms with E-state index in [0.29, 0.717) is 17.3 Å². The molecular formula is C15H14ClN3O2. The summed E-state index contributed by atoms with van der Waals surface area (Å²) < 4.78 is 4.83. The monoisotopic (exact) mass is 303 g/mol. The van der Waals surface area contributed by atoms with Crippen LogP contribution in [0.25, 0.3) is 0 Å². The van der Waals surface area contributed by atoms with Crippen LogP contribution < -0.4 is 5.32 Å². The number of hydrogen-bond acceptors (Lipinski definition) is 5. The zero-order valence-electron chi connectivity index (χ0n) is 11.5. The predicted molar refractivity (Wildman–Crippen MR) is 77.8 cm³/mol. The highest BCUT2D eigenvalue weighted by molar-refractivity contribution is 6.30. The molecule has 0 aliphatic carbocycles. The summed E-state index contributed by atoms with van der Waals surface area (Å²) in [7, 11) is 0. The number of ether oxygens (including phenoxy) is 1. The van der Waals surface area contributed by atoms with E-state index in [-0.39, 0.29) is 18.6 Å². The predicted octanol–water partition coefficient (Wildman–Crippen LogP) is 2.68. The lowest BCUT2D eigenvalue weighted by atomic mass is 10.2. The molecule has 0 unspecified atom stereocenters. The Morgan fingerprint density at radius 1 is 1.33 bits per heavy atom. The van der Waals surface area contributed by atoms with E-state index in [1.165, 1.54) is 0 Å². The maximum Gasteiger partial charge on any atom is 0.350 e. The summed E-state index contributed by atoms with van der Waals surface area (Å²) in [5.41, 5.74) is 1.30. The number of halogens is 1. The maximum absolute atomic E-state index is 11.7. The van der Waals surface area contributed by atoms with Gasteiger partial charge in [0.1, 0.15) is 12.7 Å². The van der Waals surface area contributed by atoms with Crippen LogP contribution in [-0.4, -0.2) is 12.6 Å². The Labute approximate surface area is 128 Å². The number of carbonyl (C=O) groups is 1. The van der Waals surface area contributed by atoms with Gasteiger partial charge in [-0.25, -0.2) is 4.79 Å². The van der Waals surface area contributed by atoms with Crippen molar-refractivity contribution in [2.45, 2.75) is 19.9 Å². The van der Waals surface area contributed by atoms with Gasteiger partial charge in [0, 0.05) is 17.3 Å². The van der Waals surface area contributed by atoms with Gasteiger partial charge in [0.05, 0.1) is 12.5 Å². The van der Waals surface area contributed by atoms with Gasteiger partial charge in [-0.3, -0.25) is 0 Å². The Bertz CT molecular complexity index is 609. The average molecular weight is 304 g/mol. The molecule has 0 aromatic heterocycles. The van der Waals surface area contributed by atoms with Crippen LogP contribution in [0.4, 0.5) is 0 Å². The van der Waals surface area contributed by atoms with Crippen LogP contribution in [-0.2, 0) is 16.1 Å². The maximum atomic E-state index is 11.7. The van der Waals surface area contributed by atoms with Gasteiger partial charge in [0.25, 0.3) is 0 Å². The van der Waals surface area contributed by atoms with Crippen LogP contribution >= 0.6 is 11.6 Å². The zero-order chi connectivity index (χ0) is 15.7. The normalized spacial score (nSPS) is 10.9. The minimum Gasteiger partial charge on any atom is -0.460 e. The first-order valence-corrected chi connectivity index (χ1v) is 6.59. The molecule has 1 N–H and O–H groups in total. The third-order valence-electron chi connectivity index (χ3n) is 2.61. The first-order valence-electron chi connectivity index (χ1n) is 6.22. The lowest BCUT2D eigenvalue weighted by Gasteiger charge is -2.09. The van der Waals surface area contributed by atoms with Crippen LogP contribution in [0.2, 0.25) is 5.02 Å². The fourth-order valence-electron chi connectivity index (χ4n) is 1.47. The summed E-state index contributed by atoms with van der Waals surface area (Å²) >= 11 is 5.79. The number of allylic oxidation sites excluding steroid dienone is 1. The van der Waals surface area contributed by atoms with Crippen LogP contribution in [0.3, 0.4) is 0 Å². The Hall–Kier alpha value is -2.50. The highest BCUT2D eigenvalue weighted by Crippen LogP contribution is 2.10. The minimum atomic E-state index is -0.728. The van der Waals surface area contributed by atoms with Crippen molar-refractivity contribution in [3.05, 3.63) is 46.1 Å². The zero-order valence-corrected chi connectivity index (χ0v) is 12.3. The van der Waals surface area contributed by atoms with Gasteiger partial charge < -0.3 is 10.1 Å². The van der Waals surface area contributed by atoms with E-state index in [2.05, 4.69) is 5.32 Å². The van der Waals surface area contributed by atoms with Gasteiger partial charge in [-0.05, 0) is 24.6 Å². The Balaban J connectivity index is 2.65. The van der Waals surface area contributed by atoms with Gasteiger partial charge in [0.15, 0.2) is 5.57 Å². The number of hydrogen-bond donors (Lipinski definition) is 1. The van der Waals surface area contributed by atoms with E-state index in [1.807, 2.05) is 24.3 Å². The molecule has 21 heavy (non-hydrogen) atoms. The summed E-state index contributed by atoms with van der Waals surface area (Å²) in [6.45, 7) is 2.06. The second-order valence-electron chi connectivity index (χ2n) is 4.14. The van der Waals surface area contributed by atoms with Crippen LogP contribution in [0, 0.1) is 22.7 Å².